The molecule has 0 radical (unpaired) electrons. The average Bonchev–Trinajstić information content (AvgIpc) is 2.48. The minimum Gasteiger partial charge on any atom is -0.508 e. The first-order valence-electron chi connectivity index (χ1n) is 6.49. The SMILES string of the molecule is Oc1ccc(N2CCN(c3cncc(Cl)n3)CC2)cc1. The topological polar surface area (TPSA) is 52.5 Å². The molecule has 0 unspecified atom stereocenters. The highest BCUT2D eigenvalue weighted by Gasteiger charge is 2.18. The molecule has 1 N–H and O–H groups in total. The molecule has 0 saturated carbocycles. The lowest BCUT2D eigenvalue weighted by Crippen LogP contribution is -2.46. The van der Waals surface area contributed by atoms with Gasteiger partial charge in [0.25, 0.3) is 0 Å². The third-order valence-corrected chi connectivity index (χ3v) is 3.59. The molecule has 104 valence electrons. The maximum absolute atomic E-state index is 9.32. The minimum atomic E-state index is 0.293. The van der Waals surface area contributed by atoms with Crippen LogP contribution in [0, 0.1) is 0 Å². The zero-order chi connectivity index (χ0) is 13.9. The molecule has 1 aromatic heterocycles. The van der Waals surface area contributed by atoms with Crippen LogP contribution in [0.25, 0.3) is 0 Å². The largest absolute Gasteiger partial charge is 0.508 e. The maximum Gasteiger partial charge on any atom is 0.149 e. The summed E-state index contributed by atoms with van der Waals surface area (Å²) >= 11 is 5.87. The van der Waals surface area contributed by atoms with Gasteiger partial charge < -0.3 is 14.9 Å². The molecule has 0 atom stereocenters. The van der Waals surface area contributed by atoms with Crippen LogP contribution in [-0.2, 0) is 0 Å². The zero-order valence-electron chi connectivity index (χ0n) is 10.9. The monoisotopic (exact) mass is 290 g/mol. The third-order valence-electron chi connectivity index (χ3n) is 3.41. The number of aromatic hydroxyl groups is 1. The van der Waals surface area contributed by atoms with Crippen molar-refractivity contribution < 1.29 is 5.11 Å². The fourth-order valence-corrected chi connectivity index (χ4v) is 2.49. The number of anilines is 2. The second-order valence-electron chi connectivity index (χ2n) is 4.69. The van der Waals surface area contributed by atoms with E-state index in [-0.39, 0.29) is 0 Å². The van der Waals surface area contributed by atoms with E-state index in [1.165, 1.54) is 6.20 Å². The first-order chi connectivity index (χ1) is 9.72. The number of aromatic nitrogens is 2. The predicted molar refractivity (Wildman–Crippen MR) is 79.6 cm³/mol. The second-order valence-corrected chi connectivity index (χ2v) is 5.08. The van der Waals surface area contributed by atoms with Crippen molar-refractivity contribution >= 4 is 23.1 Å². The standard InChI is InChI=1S/C14H15ClN4O/c15-13-9-16-10-14(17-13)19-7-5-18(6-8-19)11-1-3-12(20)4-2-11/h1-4,9-10,20H,5-8H2. The van der Waals surface area contributed by atoms with Crippen LogP contribution < -0.4 is 9.80 Å². The molecule has 5 nitrogen and oxygen atoms in total. The molecule has 1 aliphatic rings. The van der Waals surface area contributed by atoms with Crippen molar-refractivity contribution in [2.24, 2.45) is 0 Å². The maximum atomic E-state index is 9.32. The number of piperazine rings is 1. The summed E-state index contributed by atoms with van der Waals surface area (Å²) in [6.45, 7) is 3.55. The number of phenolic OH excluding ortho intramolecular Hbond substituents is 1. The molecular weight excluding hydrogens is 276 g/mol. The van der Waals surface area contributed by atoms with E-state index in [9.17, 15) is 5.11 Å². The Morgan fingerprint density at radius 3 is 2.25 bits per heavy atom. The van der Waals surface area contributed by atoms with Crippen LogP contribution in [0.2, 0.25) is 5.15 Å². The lowest BCUT2D eigenvalue weighted by molar-refractivity contribution is 0.475. The summed E-state index contributed by atoms with van der Waals surface area (Å²) in [4.78, 5) is 12.8. The lowest BCUT2D eigenvalue weighted by Gasteiger charge is -2.36. The van der Waals surface area contributed by atoms with Gasteiger partial charge in [-0.3, -0.25) is 4.98 Å². The Morgan fingerprint density at radius 1 is 0.950 bits per heavy atom. The number of phenols is 1. The third kappa shape index (κ3) is 2.77. The van der Waals surface area contributed by atoms with E-state index in [2.05, 4.69) is 19.8 Å². The van der Waals surface area contributed by atoms with Gasteiger partial charge in [0.2, 0.25) is 0 Å². The number of hydrogen-bond acceptors (Lipinski definition) is 5. The fourth-order valence-electron chi connectivity index (χ4n) is 2.34. The van der Waals surface area contributed by atoms with Crippen molar-refractivity contribution in [3.05, 3.63) is 41.8 Å². The number of hydrogen-bond donors (Lipinski definition) is 1. The highest BCUT2D eigenvalue weighted by molar-refractivity contribution is 6.29. The van der Waals surface area contributed by atoms with Crippen LogP contribution >= 0.6 is 11.6 Å². The molecule has 1 saturated heterocycles. The molecule has 0 aliphatic carbocycles. The van der Waals surface area contributed by atoms with Crippen LogP contribution in [-0.4, -0.2) is 41.3 Å². The van der Waals surface area contributed by atoms with Gasteiger partial charge in [0.1, 0.15) is 16.7 Å². The van der Waals surface area contributed by atoms with E-state index < -0.39 is 0 Å². The Hall–Kier alpha value is -2.01. The molecule has 20 heavy (non-hydrogen) atoms. The second kappa shape index (κ2) is 5.54. The van der Waals surface area contributed by atoms with Crippen molar-refractivity contribution in [2.75, 3.05) is 36.0 Å². The average molecular weight is 291 g/mol. The van der Waals surface area contributed by atoms with Crippen molar-refractivity contribution in [3.8, 4) is 5.75 Å². The summed E-state index contributed by atoms with van der Waals surface area (Å²) < 4.78 is 0. The van der Waals surface area contributed by atoms with E-state index in [0.29, 0.717) is 10.9 Å². The van der Waals surface area contributed by atoms with Crippen LogP contribution in [0.4, 0.5) is 11.5 Å². The van der Waals surface area contributed by atoms with E-state index >= 15 is 0 Å². The van der Waals surface area contributed by atoms with Gasteiger partial charge >= 0.3 is 0 Å². The zero-order valence-corrected chi connectivity index (χ0v) is 11.7. The summed E-state index contributed by atoms with van der Waals surface area (Å²) in [7, 11) is 0. The molecule has 2 heterocycles. The van der Waals surface area contributed by atoms with E-state index in [1.54, 1.807) is 18.3 Å². The normalized spacial score (nSPS) is 15.4. The Morgan fingerprint density at radius 2 is 1.60 bits per heavy atom. The smallest absolute Gasteiger partial charge is 0.149 e. The number of rotatable bonds is 2. The Balaban J connectivity index is 1.66. The number of benzene rings is 1. The van der Waals surface area contributed by atoms with Crippen LogP contribution in [0.3, 0.4) is 0 Å². The van der Waals surface area contributed by atoms with Crippen molar-refractivity contribution in [2.45, 2.75) is 0 Å². The van der Waals surface area contributed by atoms with E-state index in [4.69, 9.17) is 11.6 Å². The quantitative estimate of drug-likeness (QED) is 0.918. The molecule has 1 aliphatic heterocycles. The van der Waals surface area contributed by atoms with E-state index in [0.717, 1.165) is 37.7 Å². The van der Waals surface area contributed by atoms with Crippen LogP contribution in [0.5, 0.6) is 5.75 Å². The van der Waals surface area contributed by atoms with Gasteiger partial charge in [-0.1, -0.05) is 11.6 Å². The summed E-state index contributed by atoms with van der Waals surface area (Å²) in [6, 6.07) is 7.29. The highest BCUT2D eigenvalue weighted by atomic mass is 35.5. The van der Waals surface area contributed by atoms with Gasteiger partial charge in [0.05, 0.1) is 12.4 Å². The number of halogens is 1. The Bertz CT molecular complexity index is 582. The van der Waals surface area contributed by atoms with Crippen LogP contribution in [0.1, 0.15) is 0 Å². The van der Waals surface area contributed by atoms with Gasteiger partial charge in [0.15, 0.2) is 0 Å². The van der Waals surface area contributed by atoms with Gasteiger partial charge in [0, 0.05) is 31.9 Å². The molecule has 0 bridgehead atoms. The lowest BCUT2D eigenvalue weighted by atomic mass is 10.2. The Labute approximate surface area is 122 Å². The van der Waals surface area contributed by atoms with Gasteiger partial charge in [-0.05, 0) is 24.3 Å². The fraction of sp³-hybridized carbons (Fsp3) is 0.286. The first-order valence-corrected chi connectivity index (χ1v) is 6.87. The summed E-state index contributed by atoms with van der Waals surface area (Å²) in [5.41, 5.74) is 1.12. The van der Waals surface area contributed by atoms with Gasteiger partial charge in [-0.2, -0.15) is 0 Å². The molecule has 0 spiro atoms. The molecule has 2 aromatic rings. The molecular formula is C14H15ClN4O. The summed E-state index contributed by atoms with van der Waals surface area (Å²) in [5, 5.41) is 9.74. The van der Waals surface area contributed by atoms with Crippen LogP contribution in [0.15, 0.2) is 36.7 Å². The Kier molecular flexibility index (Phi) is 3.60. The molecule has 0 amide bonds. The summed E-state index contributed by atoms with van der Waals surface area (Å²) in [5.74, 6) is 1.12. The predicted octanol–water partition coefficient (Wildman–Crippen LogP) is 2.16. The van der Waals surface area contributed by atoms with Crippen molar-refractivity contribution in [1.82, 2.24) is 9.97 Å². The van der Waals surface area contributed by atoms with Crippen molar-refractivity contribution in [3.63, 3.8) is 0 Å². The molecule has 1 fully saturated rings. The summed E-state index contributed by atoms with van der Waals surface area (Å²) in [6.07, 6.45) is 3.28. The molecule has 6 heteroatoms. The number of nitrogens with zero attached hydrogens (tertiary/aromatic N) is 4. The van der Waals surface area contributed by atoms with Gasteiger partial charge in [-0.15, -0.1) is 0 Å². The van der Waals surface area contributed by atoms with Crippen molar-refractivity contribution in [1.29, 1.82) is 0 Å². The van der Waals surface area contributed by atoms with Gasteiger partial charge in [-0.25, -0.2) is 4.98 Å². The molecule has 3 rings (SSSR count). The first kappa shape index (κ1) is 13.0. The van der Waals surface area contributed by atoms with E-state index in [1.807, 2.05) is 12.1 Å². The molecule has 1 aromatic carbocycles. The minimum absolute atomic E-state index is 0.293. The highest BCUT2D eigenvalue weighted by Crippen LogP contribution is 2.21.